The zero-order chi connectivity index (χ0) is 15.2. The lowest BCUT2D eigenvalue weighted by atomic mass is 10.2. The van der Waals surface area contributed by atoms with Crippen LogP contribution in [0.25, 0.3) is 0 Å². The van der Waals surface area contributed by atoms with Gasteiger partial charge < -0.3 is 11.1 Å². The lowest BCUT2D eigenvalue weighted by molar-refractivity contribution is 0.0964. The molecule has 0 aliphatic carbocycles. The molecule has 4 N–H and O–H groups in total. The number of nitrogen functional groups attached to an aromatic ring is 1. The molecule has 0 spiro atoms. The van der Waals surface area contributed by atoms with Crippen LogP contribution in [0.2, 0.25) is 0 Å². The number of carbonyl (C=O) groups is 2. The fourth-order valence-electron chi connectivity index (χ4n) is 1.67. The van der Waals surface area contributed by atoms with Gasteiger partial charge in [-0.3, -0.25) is 10.1 Å². The molecule has 0 bridgehead atoms. The molecule has 0 fully saturated rings. The first-order valence-electron chi connectivity index (χ1n) is 6.24. The van der Waals surface area contributed by atoms with Gasteiger partial charge >= 0.3 is 6.03 Å². The van der Waals surface area contributed by atoms with Gasteiger partial charge in [-0.25, -0.2) is 4.79 Å². The van der Waals surface area contributed by atoms with E-state index in [0.29, 0.717) is 17.8 Å². The van der Waals surface area contributed by atoms with Crippen LogP contribution in [0.4, 0.5) is 10.5 Å². The Kier molecular flexibility index (Phi) is 4.94. The normalized spacial score (nSPS) is 9.95. The minimum Gasteiger partial charge on any atom is -0.399 e. The van der Waals surface area contributed by atoms with Gasteiger partial charge in [0.05, 0.1) is 0 Å². The first kappa shape index (κ1) is 15.1. The molecule has 3 amide bonds. The number of anilines is 1. The van der Waals surface area contributed by atoms with Gasteiger partial charge in [-0.2, -0.15) is 0 Å². The summed E-state index contributed by atoms with van der Waals surface area (Å²) in [5.41, 5.74) is 7.40. The Balaban J connectivity index is 1.88. The lowest BCUT2D eigenvalue weighted by Crippen LogP contribution is -2.39. The molecular formula is C15H14BrN3O2. The Labute approximate surface area is 130 Å². The fraction of sp³-hybridized carbons (Fsp3) is 0.0667. The van der Waals surface area contributed by atoms with E-state index in [1.807, 2.05) is 24.3 Å². The Morgan fingerprint density at radius 3 is 2.38 bits per heavy atom. The van der Waals surface area contributed by atoms with Gasteiger partial charge in [0, 0.05) is 22.3 Å². The van der Waals surface area contributed by atoms with Gasteiger partial charge in [-0.05, 0) is 35.9 Å². The molecule has 0 atom stereocenters. The second-order valence-corrected chi connectivity index (χ2v) is 5.20. The largest absolute Gasteiger partial charge is 0.399 e. The van der Waals surface area contributed by atoms with Crippen molar-refractivity contribution < 1.29 is 9.59 Å². The van der Waals surface area contributed by atoms with Crippen molar-refractivity contribution >= 4 is 33.6 Å². The van der Waals surface area contributed by atoms with Crippen molar-refractivity contribution in [3.05, 3.63) is 64.1 Å². The maximum Gasteiger partial charge on any atom is 0.321 e. The number of nitrogens with one attached hydrogen (secondary N) is 2. The van der Waals surface area contributed by atoms with Crippen molar-refractivity contribution in [2.75, 3.05) is 5.73 Å². The molecule has 0 saturated carbocycles. The SMILES string of the molecule is Nc1ccc(C(=O)NC(=O)NCc2ccccc2Br)cc1. The van der Waals surface area contributed by atoms with E-state index in [1.165, 1.54) is 0 Å². The molecule has 0 heterocycles. The van der Waals surface area contributed by atoms with E-state index in [2.05, 4.69) is 26.6 Å². The van der Waals surface area contributed by atoms with Crippen molar-refractivity contribution in [2.24, 2.45) is 0 Å². The van der Waals surface area contributed by atoms with Crippen LogP contribution < -0.4 is 16.4 Å². The number of hydrogen-bond donors (Lipinski definition) is 3. The Morgan fingerprint density at radius 1 is 1.05 bits per heavy atom. The second kappa shape index (κ2) is 6.90. The molecule has 21 heavy (non-hydrogen) atoms. The molecule has 0 aromatic heterocycles. The summed E-state index contributed by atoms with van der Waals surface area (Å²) in [6.07, 6.45) is 0. The highest BCUT2D eigenvalue weighted by molar-refractivity contribution is 9.10. The van der Waals surface area contributed by atoms with Crippen LogP contribution in [0.15, 0.2) is 53.0 Å². The van der Waals surface area contributed by atoms with E-state index >= 15 is 0 Å². The monoisotopic (exact) mass is 347 g/mol. The number of nitrogens with two attached hydrogens (primary N) is 1. The van der Waals surface area contributed by atoms with Crippen molar-refractivity contribution in [3.8, 4) is 0 Å². The van der Waals surface area contributed by atoms with Gasteiger partial charge in [0.1, 0.15) is 0 Å². The summed E-state index contributed by atoms with van der Waals surface area (Å²) in [6.45, 7) is 0.322. The molecule has 0 saturated heterocycles. The standard InChI is InChI=1S/C15H14BrN3O2/c16-13-4-2-1-3-11(13)9-18-15(21)19-14(20)10-5-7-12(17)8-6-10/h1-8H,9,17H2,(H2,18,19,20,21). The highest BCUT2D eigenvalue weighted by Crippen LogP contribution is 2.15. The zero-order valence-corrected chi connectivity index (χ0v) is 12.7. The number of halogens is 1. The van der Waals surface area contributed by atoms with E-state index in [-0.39, 0.29) is 0 Å². The number of benzene rings is 2. The number of carbonyl (C=O) groups excluding carboxylic acids is 2. The maximum atomic E-state index is 11.8. The minimum absolute atomic E-state index is 0.322. The lowest BCUT2D eigenvalue weighted by Gasteiger charge is -2.08. The molecule has 2 aromatic carbocycles. The van der Waals surface area contributed by atoms with E-state index in [9.17, 15) is 9.59 Å². The topological polar surface area (TPSA) is 84.2 Å². The van der Waals surface area contributed by atoms with Crippen molar-refractivity contribution in [3.63, 3.8) is 0 Å². The number of hydrogen-bond acceptors (Lipinski definition) is 3. The Morgan fingerprint density at radius 2 is 1.71 bits per heavy atom. The van der Waals surface area contributed by atoms with Crippen LogP contribution in [0, 0.1) is 0 Å². The molecule has 0 aliphatic heterocycles. The number of urea groups is 1. The summed E-state index contributed by atoms with van der Waals surface area (Å²) in [6, 6.07) is 13.3. The zero-order valence-electron chi connectivity index (χ0n) is 11.1. The average molecular weight is 348 g/mol. The summed E-state index contributed by atoms with van der Waals surface area (Å²) in [7, 11) is 0. The van der Waals surface area contributed by atoms with Gasteiger partial charge in [-0.1, -0.05) is 34.1 Å². The molecule has 5 nitrogen and oxygen atoms in total. The minimum atomic E-state index is -0.549. The van der Waals surface area contributed by atoms with Crippen LogP contribution in [0.1, 0.15) is 15.9 Å². The second-order valence-electron chi connectivity index (χ2n) is 4.35. The predicted molar refractivity (Wildman–Crippen MR) is 84.7 cm³/mol. The third kappa shape index (κ3) is 4.32. The molecule has 108 valence electrons. The first-order chi connectivity index (χ1) is 10.1. The molecule has 0 radical (unpaired) electrons. The average Bonchev–Trinajstić information content (AvgIpc) is 2.47. The quantitative estimate of drug-likeness (QED) is 0.746. The van der Waals surface area contributed by atoms with E-state index in [0.717, 1.165) is 10.0 Å². The van der Waals surface area contributed by atoms with E-state index < -0.39 is 11.9 Å². The third-order valence-electron chi connectivity index (χ3n) is 2.80. The molecule has 2 aromatic rings. The summed E-state index contributed by atoms with van der Waals surface area (Å²) in [5.74, 6) is -0.473. The third-order valence-corrected chi connectivity index (χ3v) is 3.57. The van der Waals surface area contributed by atoms with Crippen LogP contribution in [0.5, 0.6) is 0 Å². The first-order valence-corrected chi connectivity index (χ1v) is 7.03. The molecule has 2 rings (SSSR count). The van der Waals surface area contributed by atoms with Crippen molar-refractivity contribution in [1.82, 2.24) is 10.6 Å². The predicted octanol–water partition coefficient (Wildman–Crippen LogP) is 2.67. The molecule has 0 aliphatic rings. The Hall–Kier alpha value is -2.34. The van der Waals surface area contributed by atoms with Crippen LogP contribution in [0.3, 0.4) is 0 Å². The smallest absolute Gasteiger partial charge is 0.321 e. The highest BCUT2D eigenvalue weighted by atomic mass is 79.9. The maximum absolute atomic E-state index is 11.8. The number of rotatable bonds is 3. The molecule has 6 heteroatoms. The van der Waals surface area contributed by atoms with Gasteiger partial charge in [-0.15, -0.1) is 0 Å². The van der Waals surface area contributed by atoms with Crippen LogP contribution in [-0.2, 0) is 6.54 Å². The Bertz CT molecular complexity index is 656. The summed E-state index contributed by atoms with van der Waals surface area (Å²) in [4.78, 5) is 23.5. The summed E-state index contributed by atoms with van der Waals surface area (Å²) >= 11 is 3.39. The van der Waals surface area contributed by atoms with Gasteiger partial charge in [0.2, 0.25) is 0 Å². The van der Waals surface area contributed by atoms with Crippen molar-refractivity contribution in [1.29, 1.82) is 0 Å². The summed E-state index contributed by atoms with van der Waals surface area (Å²) in [5, 5.41) is 4.89. The van der Waals surface area contributed by atoms with Crippen LogP contribution >= 0.6 is 15.9 Å². The highest BCUT2D eigenvalue weighted by Gasteiger charge is 2.10. The van der Waals surface area contributed by atoms with E-state index in [4.69, 9.17) is 5.73 Å². The number of amides is 3. The van der Waals surface area contributed by atoms with Crippen LogP contribution in [-0.4, -0.2) is 11.9 Å². The van der Waals surface area contributed by atoms with Crippen molar-refractivity contribution in [2.45, 2.75) is 6.54 Å². The van der Waals surface area contributed by atoms with Gasteiger partial charge in [0.25, 0.3) is 5.91 Å². The van der Waals surface area contributed by atoms with Gasteiger partial charge in [0.15, 0.2) is 0 Å². The molecular weight excluding hydrogens is 334 g/mol. The molecule has 0 unspecified atom stereocenters. The fourth-order valence-corrected chi connectivity index (χ4v) is 2.10. The number of imide groups is 1. The van der Waals surface area contributed by atoms with E-state index in [1.54, 1.807) is 24.3 Å². The summed E-state index contributed by atoms with van der Waals surface area (Å²) < 4.78 is 0.898.